The van der Waals surface area contributed by atoms with E-state index in [1.54, 1.807) is 7.05 Å². The summed E-state index contributed by atoms with van der Waals surface area (Å²) in [5, 5.41) is 3.26. The summed E-state index contributed by atoms with van der Waals surface area (Å²) in [7, 11) is 3.06. The molecule has 29 heavy (non-hydrogen) atoms. The lowest BCUT2D eigenvalue weighted by atomic mass is 9.89. The second-order valence-corrected chi connectivity index (χ2v) is 7.22. The molecule has 0 aliphatic carbocycles. The molecular weight excluding hydrogens is 368 g/mol. The number of amides is 1. The number of aromatic nitrogens is 3. The monoisotopic (exact) mass is 386 g/mol. The van der Waals surface area contributed by atoms with Crippen molar-refractivity contribution in [3.8, 4) is 11.3 Å². The molecule has 4 aromatic rings. The number of carbonyl (C=O) groups excluding carboxylic acids is 1. The number of para-hydroxylation sites is 1. The van der Waals surface area contributed by atoms with E-state index in [1.165, 1.54) is 11.6 Å². The van der Waals surface area contributed by atoms with Gasteiger partial charge in [-0.1, -0.05) is 48.5 Å². The molecule has 144 valence electrons. The fourth-order valence-corrected chi connectivity index (χ4v) is 4.16. The van der Waals surface area contributed by atoms with E-state index in [9.17, 15) is 14.4 Å². The number of hydrogen-bond acceptors (Lipinski definition) is 3. The molecule has 2 aromatic carbocycles. The molecule has 0 radical (unpaired) electrons. The fourth-order valence-electron chi connectivity index (χ4n) is 4.16. The first-order valence-corrected chi connectivity index (χ1v) is 9.26. The summed E-state index contributed by atoms with van der Waals surface area (Å²) in [6.45, 7) is 0. The number of nitrogens with zero attached hydrogens (tertiary/aromatic N) is 2. The highest BCUT2D eigenvalue weighted by Gasteiger charge is 2.37. The summed E-state index contributed by atoms with van der Waals surface area (Å²) >= 11 is 0. The van der Waals surface area contributed by atoms with Crippen LogP contribution in [0.2, 0.25) is 0 Å². The van der Waals surface area contributed by atoms with Crippen LogP contribution in [0.3, 0.4) is 0 Å². The van der Waals surface area contributed by atoms with Gasteiger partial charge >= 0.3 is 5.69 Å². The van der Waals surface area contributed by atoms with Gasteiger partial charge in [0.1, 0.15) is 5.65 Å². The lowest BCUT2D eigenvalue weighted by molar-refractivity contribution is -0.116. The van der Waals surface area contributed by atoms with Crippen LogP contribution in [0.15, 0.2) is 64.2 Å². The Labute approximate surface area is 165 Å². The van der Waals surface area contributed by atoms with E-state index in [0.29, 0.717) is 22.3 Å². The van der Waals surface area contributed by atoms with Crippen molar-refractivity contribution in [2.45, 2.75) is 5.92 Å². The fraction of sp³-hybridized carbons (Fsp3) is 0.136. The van der Waals surface area contributed by atoms with Crippen molar-refractivity contribution in [1.82, 2.24) is 14.1 Å². The van der Waals surface area contributed by atoms with E-state index in [1.807, 2.05) is 54.6 Å². The summed E-state index contributed by atoms with van der Waals surface area (Å²) in [4.78, 5) is 41.9. The van der Waals surface area contributed by atoms with Crippen LogP contribution in [0.1, 0.15) is 17.0 Å². The van der Waals surface area contributed by atoms with E-state index in [-0.39, 0.29) is 5.91 Å². The van der Waals surface area contributed by atoms with Gasteiger partial charge in [-0.3, -0.25) is 18.7 Å². The maximum absolute atomic E-state index is 13.1. The van der Waals surface area contributed by atoms with Crippen molar-refractivity contribution in [2.24, 2.45) is 14.1 Å². The first-order valence-electron chi connectivity index (χ1n) is 9.26. The normalized spacial score (nSPS) is 15.5. The predicted molar refractivity (Wildman–Crippen MR) is 111 cm³/mol. The quantitative estimate of drug-likeness (QED) is 0.554. The zero-order valence-electron chi connectivity index (χ0n) is 15.9. The van der Waals surface area contributed by atoms with Gasteiger partial charge in [-0.05, 0) is 17.2 Å². The van der Waals surface area contributed by atoms with Crippen LogP contribution in [0.4, 0.5) is 5.69 Å². The van der Waals surface area contributed by atoms with Crippen molar-refractivity contribution < 1.29 is 4.79 Å². The van der Waals surface area contributed by atoms with Crippen LogP contribution in [0.25, 0.3) is 22.3 Å². The molecule has 0 unspecified atom stereocenters. The average molecular weight is 386 g/mol. The number of anilines is 1. The smallest absolute Gasteiger partial charge is 0.332 e. The molecule has 7 heteroatoms. The molecule has 5 rings (SSSR count). The van der Waals surface area contributed by atoms with E-state index in [2.05, 4.69) is 10.3 Å². The van der Waals surface area contributed by atoms with E-state index in [4.69, 9.17) is 0 Å². The zero-order valence-corrected chi connectivity index (χ0v) is 15.9. The van der Waals surface area contributed by atoms with Crippen molar-refractivity contribution in [1.29, 1.82) is 0 Å². The zero-order chi connectivity index (χ0) is 20.3. The lowest BCUT2D eigenvalue weighted by Crippen LogP contribution is -2.37. The molecule has 7 nitrogen and oxygen atoms in total. The topological polar surface area (TPSA) is 88.9 Å². The van der Waals surface area contributed by atoms with Crippen molar-refractivity contribution in [3.05, 3.63) is 86.6 Å². The lowest BCUT2D eigenvalue weighted by Gasteiger charge is -2.12. The van der Waals surface area contributed by atoms with Gasteiger partial charge in [0.05, 0.1) is 17.0 Å². The minimum absolute atomic E-state index is 0.194. The van der Waals surface area contributed by atoms with Crippen LogP contribution in [-0.4, -0.2) is 20.0 Å². The SMILES string of the molecule is Cn1c(=O)c2c([C@H]3C(=O)Nc4ccccc43)c(-c3ccccc3)[nH]c2n(C)c1=O. The maximum Gasteiger partial charge on any atom is 0.332 e. The van der Waals surface area contributed by atoms with E-state index < -0.39 is 17.2 Å². The van der Waals surface area contributed by atoms with Gasteiger partial charge in [0, 0.05) is 25.3 Å². The third-order valence-corrected chi connectivity index (χ3v) is 5.59. The largest absolute Gasteiger partial charge is 0.340 e. The molecule has 0 saturated heterocycles. The number of benzene rings is 2. The number of aromatic amines is 1. The Kier molecular flexibility index (Phi) is 3.61. The number of nitrogens with one attached hydrogen (secondary N) is 2. The van der Waals surface area contributed by atoms with E-state index >= 15 is 0 Å². The van der Waals surface area contributed by atoms with Gasteiger partial charge in [-0.25, -0.2) is 4.79 Å². The Hall–Kier alpha value is -3.87. The van der Waals surface area contributed by atoms with Crippen LogP contribution >= 0.6 is 0 Å². The Bertz CT molecular complexity index is 1410. The summed E-state index contributed by atoms with van der Waals surface area (Å²) in [5.41, 5.74) is 3.19. The van der Waals surface area contributed by atoms with Gasteiger partial charge < -0.3 is 10.3 Å². The highest BCUT2D eigenvalue weighted by Crippen LogP contribution is 2.43. The van der Waals surface area contributed by atoms with Crippen LogP contribution in [-0.2, 0) is 18.9 Å². The Morgan fingerprint density at radius 2 is 1.55 bits per heavy atom. The van der Waals surface area contributed by atoms with Gasteiger partial charge in [0.2, 0.25) is 5.91 Å². The first-order chi connectivity index (χ1) is 14.0. The molecule has 2 N–H and O–H groups in total. The number of carbonyl (C=O) groups is 1. The standard InChI is InChI=1S/C22H18N4O3/c1-25-19-17(21(28)26(2)22(25)29)16(18(24-19)12-8-4-3-5-9-12)15-13-10-6-7-11-14(13)23-20(15)27/h3-11,15,24H,1-2H3,(H,23,27)/t15-/m0/s1. The van der Waals surface area contributed by atoms with Gasteiger partial charge in [0.15, 0.2) is 0 Å². The molecule has 1 aliphatic heterocycles. The number of aryl methyl sites for hydroxylation is 1. The summed E-state index contributed by atoms with van der Waals surface area (Å²) in [6.07, 6.45) is 0. The summed E-state index contributed by atoms with van der Waals surface area (Å²) < 4.78 is 2.48. The number of hydrogen-bond donors (Lipinski definition) is 2. The van der Waals surface area contributed by atoms with Crippen LogP contribution in [0.5, 0.6) is 0 Å². The molecule has 0 spiro atoms. The summed E-state index contributed by atoms with van der Waals surface area (Å²) in [5.74, 6) is -0.847. The number of H-pyrrole nitrogens is 1. The maximum atomic E-state index is 13.1. The molecule has 0 fully saturated rings. The van der Waals surface area contributed by atoms with Gasteiger partial charge in [-0.2, -0.15) is 0 Å². The highest BCUT2D eigenvalue weighted by molar-refractivity contribution is 6.08. The van der Waals surface area contributed by atoms with Crippen molar-refractivity contribution >= 4 is 22.6 Å². The Balaban J connectivity index is 1.96. The van der Waals surface area contributed by atoms with Crippen molar-refractivity contribution in [3.63, 3.8) is 0 Å². The van der Waals surface area contributed by atoms with Crippen molar-refractivity contribution in [2.75, 3.05) is 5.32 Å². The number of rotatable bonds is 2. The third-order valence-electron chi connectivity index (χ3n) is 5.59. The Morgan fingerprint density at radius 3 is 2.31 bits per heavy atom. The first kappa shape index (κ1) is 17.2. The van der Waals surface area contributed by atoms with E-state index in [0.717, 1.165) is 21.4 Å². The minimum atomic E-state index is -0.652. The third kappa shape index (κ3) is 2.34. The summed E-state index contributed by atoms with van der Waals surface area (Å²) in [6, 6.07) is 17.0. The molecule has 0 saturated carbocycles. The number of fused-ring (bicyclic) bond motifs is 2. The predicted octanol–water partition coefficient (Wildman–Crippen LogP) is 2.32. The molecule has 1 aliphatic rings. The molecule has 2 aromatic heterocycles. The minimum Gasteiger partial charge on any atom is -0.340 e. The Morgan fingerprint density at radius 1 is 0.862 bits per heavy atom. The van der Waals surface area contributed by atoms with Crippen LogP contribution < -0.4 is 16.6 Å². The van der Waals surface area contributed by atoms with Crippen LogP contribution in [0, 0.1) is 0 Å². The molecule has 1 amide bonds. The second kappa shape index (κ2) is 6.07. The second-order valence-electron chi connectivity index (χ2n) is 7.22. The highest BCUT2D eigenvalue weighted by atomic mass is 16.2. The molecule has 0 bridgehead atoms. The molecular formula is C22H18N4O3. The molecule has 1 atom stereocenters. The van der Waals surface area contributed by atoms with Gasteiger partial charge in [0.25, 0.3) is 5.56 Å². The molecule has 3 heterocycles. The van der Waals surface area contributed by atoms with Gasteiger partial charge in [-0.15, -0.1) is 0 Å². The average Bonchev–Trinajstić information content (AvgIpc) is 3.28.